The molecule has 0 atom stereocenters. The third-order valence-electron chi connectivity index (χ3n) is 4.13. The van der Waals surface area contributed by atoms with Gasteiger partial charge < -0.3 is 10.2 Å². The number of benzene rings is 2. The van der Waals surface area contributed by atoms with Gasteiger partial charge in [0, 0.05) is 31.0 Å². The SMILES string of the molecule is CN(Cc1cccc(C#N)c1)C(=O)c1cccc(NCc2ccccn2)c1. The van der Waals surface area contributed by atoms with Gasteiger partial charge in [-0.15, -0.1) is 0 Å². The molecule has 0 radical (unpaired) electrons. The average Bonchev–Trinajstić information content (AvgIpc) is 2.72. The van der Waals surface area contributed by atoms with Gasteiger partial charge in [-0.05, 0) is 48.0 Å². The minimum atomic E-state index is -0.0705. The number of hydrogen-bond donors (Lipinski definition) is 1. The van der Waals surface area contributed by atoms with Gasteiger partial charge in [0.05, 0.1) is 23.9 Å². The van der Waals surface area contributed by atoms with E-state index < -0.39 is 0 Å². The lowest BCUT2D eigenvalue weighted by Gasteiger charge is -2.18. The number of aromatic nitrogens is 1. The molecule has 2 aromatic carbocycles. The van der Waals surface area contributed by atoms with Crippen molar-refractivity contribution in [1.82, 2.24) is 9.88 Å². The summed E-state index contributed by atoms with van der Waals surface area (Å²) in [6, 6.07) is 22.6. The van der Waals surface area contributed by atoms with E-state index >= 15 is 0 Å². The van der Waals surface area contributed by atoms with Gasteiger partial charge in [-0.3, -0.25) is 9.78 Å². The first-order chi connectivity index (χ1) is 13.2. The Kier molecular flexibility index (Phi) is 5.80. The maximum atomic E-state index is 12.8. The number of rotatable bonds is 6. The predicted molar refractivity (Wildman–Crippen MR) is 105 cm³/mol. The van der Waals surface area contributed by atoms with Crippen LogP contribution in [0.4, 0.5) is 5.69 Å². The second-order valence-electron chi connectivity index (χ2n) is 6.23. The summed E-state index contributed by atoms with van der Waals surface area (Å²) >= 11 is 0. The topological polar surface area (TPSA) is 69.0 Å². The van der Waals surface area contributed by atoms with Crippen molar-refractivity contribution in [3.05, 3.63) is 95.3 Å². The maximum absolute atomic E-state index is 12.8. The summed E-state index contributed by atoms with van der Waals surface area (Å²) in [4.78, 5) is 18.7. The van der Waals surface area contributed by atoms with Crippen LogP contribution < -0.4 is 5.32 Å². The Morgan fingerprint density at radius 1 is 1.11 bits per heavy atom. The van der Waals surface area contributed by atoms with E-state index in [1.54, 1.807) is 36.3 Å². The van der Waals surface area contributed by atoms with E-state index in [9.17, 15) is 4.79 Å². The molecule has 134 valence electrons. The normalized spacial score (nSPS) is 10.1. The van der Waals surface area contributed by atoms with Crippen molar-refractivity contribution >= 4 is 11.6 Å². The fourth-order valence-corrected chi connectivity index (χ4v) is 2.76. The van der Waals surface area contributed by atoms with E-state index in [0.29, 0.717) is 24.2 Å². The van der Waals surface area contributed by atoms with Crippen LogP contribution in [0.2, 0.25) is 0 Å². The molecule has 5 nitrogen and oxygen atoms in total. The van der Waals surface area contributed by atoms with E-state index in [1.807, 2.05) is 48.5 Å². The van der Waals surface area contributed by atoms with Crippen molar-refractivity contribution in [1.29, 1.82) is 5.26 Å². The molecule has 0 aliphatic heterocycles. The van der Waals surface area contributed by atoms with Crippen LogP contribution in [0.1, 0.15) is 27.2 Å². The second kappa shape index (κ2) is 8.63. The highest BCUT2D eigenvalue weighted by atomic mass is 16.2. The number of hydrogen-bond acceptors (Lipinski definition) is 4. The monoisotopic (exact) mass is 356 g/mol. The molecule has 0 fully saturated rings. The molecule has 1 amide bonds. The summed E-state index contributed by atoms with van der Waals surface area (Å²) in [6.45, 7) is 1.04. The molecule has 0 aliphatic carbocycles. The van der Waals surface area contributed by atoms with Crippen molar-refractivity contribution in [2.45, 2.75) is 13.1 Å². The molecule has 1 heterocycles. The van der Waals surface area contributed by atoms with E-state index in [1.165, 1.54) is 0 Å². The van der Waals surface area contributed by atoms with E-state index in [4.69, 9.17) is 5.26 Å². The van der Waals surface area contributed by atoms with Crippen LogP contribution in [-0.2, 0) is 13.1 Å². The Labute approximate surface area is 158 Å². The third-order valence-corrected chi connectivity index (χ3v) is 4.13. The molecule has 0 unspecified atom stereocenters. The minimum absolute atomic E-state index is 0.0705. The maximum Gasteiger partial charge on any atom is 0.253 e. The second-order valence-corrected chi connectivity index (χ2v) is 6.23. The summed E-state index contributed by atoms with van der Waals surface area (Å²) in [6.07, 6.45) is 1.76. The minimum Gasteiger partial charge on any atom is -0.379 e. The van der Waals surface area contributed by atoms with Crippen molar-refractivity contribution in [3.63, 3.8) is 0 Å². The van der Waals surface area contributed by atoms with E-state index in [2.05, 4.69) is 16.4 Å². The van der Waals surface area contributed by atoms with Gasteiger partial charge in [0.15, 0.2) is 0 Å². The van der Waals surface area contributed by atoms with Gasteiger partial charge in [-0.1, -0.05) is 24.3 Å². The zero-order valence-electron chi connectivity index (χ0n) is 15.1. The number of anilines is 1. The van der Waals surface area contributed by atoms with Gasteiger partial charge in [0.2, 0.25) is 0 Å². The zero-order chi connectivity index (χ0) is 19.1. The molecule has 0 saturated heterocycles. The van der Waals surface area contributed by atoms with Gasteiger partial charge in [0.1, 0.15) is 0 Å². The molecule has 0 saturated carbocycles. The van der Waals surface area contributed by atoms with Crippen LogP contribution in [0.5, 0.6) is 0 Å². The molecule has 3 rings (SSSR count). The smallest absolute Gasteiger partial charge is 0.253 e. The number of nitrogens with zero attached hydrogens (tertiary/aromatic N) is 3. The van der Waals surface area contributed by atoms with Crippen LogP contribution in [0.15, 0.2) is 72.9 Å². The van der Waals surface area contributed by atoms with Crippen LogP contribution in [0.3, 0.4) is 0 Å². The number of nitrogens with one attached hydrogen (secondary N) is 1. The highest BCUT2D eigenvalue weighted by Gasteiger charge is 2.13. The van der Waals surface area contributed by atoms with Gasteiger partial charge >= 0.3 is 0 Å². The zero-order valence-corrected chi connectivity index (χ0v) is 15.1. The lowest BCUT2D eigenvalue weighted by molar-refractivity contribution is 0.0785. The van der Waals surface area contributed by atoms with Gasteiger partial charge in [0.25, 0.3) is 5.91 Å². The molecule has 0 aliphatic rings. The first-order valence-corrected chi connectivity index (χ1v) is 8.64. The number of nitriles is 1. The molecular weight excluding hydrogens is 336 g/mol. The summed E-state index contributed by atoms with van der Waals surface area (Å²) < 4.78 is 0. The van der Waals surface area contributed by atoms with Crippen LogP contribution >= 0.6 is 0 Å². The summed E-state index contributed by atoms with van der Waals surface area (Å²) in [5.41, 5.74) is 3.93. The predicted octanol–water partition coefficient (Wildman–Crippen LogP) is 3.84. The average molecular weight is 356 g/mol. The standard InChI is InChI=1S/C22H20N4O/c1-26(16-18-7-4-6-17(12-18)14-23)22(27)19-8-5-10-20(13-19)25-15-21-9-2-3-11-24-21/h2-13,25H,15-16H2,1H3. The number of amides is 1. The molecule has 1 N–H and O–H groups in total. The highest BCUT2D eigenvalue weighted by molar-refractivity contribution is 5.95. The molecular formula is C22H20N4O. The lowest BCUT2D eigenvalue weighted by Crippen LogP contribution is -2.26. The Bertz CT molecular complexity index is 963. The van der Waals surface area contributed by atoms with E-state index in [0.717, 1.165) is 16.9 Å². The molecule has 27 heavy (non-hydrogen) atoms. The Balaban J connectivity index is 1.66. The van der Waals surface area contributed by atoms with Crippen molar-refractivity contribution in [2.75, 3.05) is 12.4 Å². The number of carbonyl (C=O) groups excluding carboxylic acids is 1. The first-order valence-electron chi connectivity index (χ1n) is 8.64. The summed E-state index contributed by atoms with van der Waals surface area (Å²) in [5.74, 6) is -0.0705. The van der Waals surface area contributed by atoms with Crippen LogP contribution in [0.25, 0.3) is 0 Å². The van der Waals surface area contributed by atoms with Crippen LogP contribution in [0, 0.1) is 11.3 Å². The largest absolute Gasteiger partial charge is 0.379 e. The number of carbonyl (C=O) groups is 1. The summed E-state index contributed by atoms with van der Waals surface area (Å²) in [7, 11) is 1.76. The fourth-order valence-electron chi connectivity index (χ4n) is 2.76. The molecule has 3 aromatic rings. The molecule has 0 bridgehead atoms. The molecule has 1 aromatic heterocycles. The van der Waals surface area contributed by atoms with Gasteiger partial charge in [-0.2, -0.15) is 5.26 Å². The Hall–Kier alpha value is -3.65. The summed E-state index contributed by atoms with van der Waals surface area (Å²) in [5, 5.41) is 12.3. The molecule has 5 heteroatoms. The van der Waals surface area contributed by atoms with E-state index in [-0.39, 0.29) is 5.91 Å². The highest BCUT2D eigenvalue weighted by Crippen LogP contribution is 2.15. The third kappa shape index (κ3) is 4.93. The van der Waals surface area contributed by atoms with Crippen LogP contribution in [-0.4, -0.2) is 22.8 Å². The van der Waals surface area contributed by atoms with Crippen molar-refractivity contribution in [3.8, 4) is 6.07 Å². The molecule has 0 spiro atoms. The first kappa shape index (κ1) is 18.2. The van der Waals surface area contributed by atoms with Gasteiger partial charge in [-0.25, -0.2) is 0 Å². The lowest BCUT2D eigenvalue weighted by atomic mass is 10.1. The fraction of sp³-hybridized carbons (Fsp3) is 0.136. The Morgan fingerprint density at radius 2 is 1.96 bits per heavy atom. The van der Waals surface area contributed by atoms with Crippen molar-refractivity contribution < 1.29 is 4.79 Å². The Morgan fingerprint density at radius 3 is 2.74 bits per heavy atom. The number of pyridine rings is 1. The van der Waals surface area contributed by atoms with Crippen molar-refractivity contribution in [2.24, 2.45) is 0 Å². The quantitative estimate of drug-likeness (QED) is 0.729.